The number of H-pyrrole nitrogens is 1. The van der Waals surface area contributed by atoms with Crippen LogP contribution in [-0.2, 0) is 20.8 Å². The van der Waals surface area contributed by atoms with Crippen molar-refractivity contribution in [1.82, 2.24) is 4.98 Å². The second-order valence-corrected chi connectivity index (χ2v) is 10.2. The molecule has 2 aromatic carbocycles. The van der Waals surface area contributed by atoms with Crippen molar-refractivity contribution in [2.24, 2.45) is 5.73 Å². The van der Waals surface area contributed by atoms with Crippen LogP contribution in [0.25, 0.3) is 10.9 Å². The van der Waals surface area contributed by atoms with E-state index in [9.17, 15) is 15.3 Å². The molecule has 0 bridgehead atoms. The highest BCUT2D eigenvalue weighted by molar-refractivity contribution is 5.83. The number of nitrogens with one attached hydrogen (secondary N) is 1. The Balaban J connectivity index is 1.48. The summed E-state index contributed by atoms with van der Waals surface area (Å²) in [6.07, 6.45) is -0.288. The van der Waals surface area contributed by atoms with Crippen molar-refractivity contribution in [3.05, 3.63) is 71.9 Å². The fourth-order valence-electron chi connectivity index (χ4n) is 5.22. The average molecular weight is 527 g/mol. The van der Waals surface area contributed by atoms with Gasteiger partial charge in [0.1, 0.15) is 36.6 Å². The molecule has 8 nitrogen and oxygen atoms in total. The third-order valence-corrected chi connectivity index (χ3v) is 7.38. The molecule has 3 aromatic rings. The van der Waals surface area contributed by atoms with Crippen LogP contribution in [0.4, 0.5) is 0 Å². The zero-order valence-electron chi connectivity index (χ0n) is 22.1. The summed E-state index contributed by atoms with van der Waals surface area (Å²) < 4.78 is 18.5. The highest BCUT2D eigenvalue weighted by Crippen LogP contribution is 2.34. The molecule has 7 unspecified atom stereocenters. The Hall–Kier alpha value is -2.30. The molecular weight excluding hydrogens is 484 g/mol. The van der Waals surface area contributed by atoms with Gasteiger partial charge >= 0.3 is 0 Å². The van der Waals surface area contributed by atoms with E-state index in [4.69, 9.17) is 19.9 Å². The molecule has 4 rings (SSSR count). The third kappa shape index (κ3) is 7.01. The van der Waals surface area contributed by atoms with Gasteiger partial charge in [0.15, 0.2) is 0 Å². The minimum atomic E-state index is -1.31. The van der Waals surface area contributed by atoms with Crippen LogP contribution in [0.5, 0.6) is 0 Å². The summed E-state index contributed by atoms with van der Waals surface area (Å²) in [5.41, 5.74) is 8.39. The van der Waals surface area contributed by atoms with Crippen LogP contribution in [-0.4, -0.2) is 70.1 Å². The van der Waals surface area contributed by atoms with Gasteiger partial charge in [-0.05, 0) is 37.9 Å². The average Bonchev–Trinajstić information content (AvgIpc) is 3.37. The molecule has 1 heterocycles. The van der Waals surface area contributed by atoms with Gasteiger partial charge in [-0.25, -0.2) is 0 Å². The standard InChI is InChI=1S/C30H42N2O6/c1-20(23-18-32-24-15-9-8-14-22(23)24)38-30-27(35)28(36-17-11-4-2-3-10-16-31)25(33)26(34)29(30)37-19-21-12-6-5-7-13-21/h5-9,12-15,18,20,25-30,32-35H,2-4,10-11,16-17,19,31H2,1H3. The van der Waals surface area contributed by atoms with Crippen LogP contribution in [0, 0.1) is 0 Å². The molecule has 8 heteroatoms. The molecule has 0 amide bonds. The first-order valence-corrected chi connectivity index (χ1v) is 13.7. The van der Waals surface area contributed by atoms with Crippen molar-refractivity contribution in [2.75, 3.05) is 13.2 Å². The van der Waals surface area contributed by atoms with E-state index in [2.05, 4.69) is 4.98 Å². The fraction of sp³-hybridized carbons (Fsp3) is 0.533. The Labute approximate surface area is 224 Å². The maximum absolute atomic E-state index is 11.4. The van der Waals surface area contributed by atoms with E-state index >= 15 is 0 Å². The number of aromatic nitrogens is 1. The van der Waals surface area contributed by atoms with Crippen LogP contribution in [0.15, 0.2) is 60.8 Å². The number of aromatic amines is 1. The highest BCUT2D eigenvalue weighted by atomic mass is 16.6. The number of hydrogen-bond donors (Lipinski definition) is 5. The van der Waals surface area contributed by atoms with E-state index in [1.165, 1.54) is 0 Å². The molecule has 6 N–H and O–H groups in total. The fourth-order valence-corrected chi connectivity index (χ4v) is 5.22. The first-order chi connectivity index (χ1) is 18.5. The Morgan fingerprint density at radius 3 is 2.26 bits per heavy atom. The van der Waals surface area contributed by atoms with Crippen molar-refractivity contribution in [2.45, 2.75) is 88.4 Å². The number of benzene rings is 2. The van der Waals surface area contributed by atoms with Gasteiger partial charge in [-0.2, -0.15) is 0 Å². The topological polar surface area (TPSA) is 130 Å². The van der Waals surface area contributed by atoms with Crippen LogP contribution in [0.2, 0.25) is 0 Å². The number of fused-ring (bicyclic) bond motifs is 1. The van der Waals surface area contributed by atoms with Gasteiger partial charge in [0.2, 0.25) is 0 Å². The van der Waals surface area contributed by atoms with Crippen molar-refractivity contribution in [3.8, 4) is 0 Å². The summed E-state index contributed by atoms with van der Waals surface area (Å²) in [6, 6.07) is 17.5. The van der Waals surface area contributed by atoms with Crippen molar-refractivity contribution >= 4 is 10.9 Å². The summed E-state index contributed by atoms with van der Waals surface area (Å²) in [5, 5.41) is 34.5. The molecule has 1 fully saturated rings. The van der Waals surface area contributed by atoms with E-state index in [0.29, 0.717) is 13.2 Å². The quantitative estimate of drug-likeness (QED) is 0.203. The number of aliphatic hydroxyl groups is 3. The van der Waals surface area contributed by atoms with Crippen molar-refractivity contribution in [1.29, 1.82) is 0 Å². The smallest absolute Gasteiger partial charge is 0.116 e. The zero-order valence-corrected chi connectivity index (χ0v) is 22.1. The van der Waals surface area contributed by atoms with Gasteiger partial charge in [-0.3, -0.25) is 0 Å². The third-order valence-electron chi connectivity index (χ3n) is 7.38. The normalized spacial score (nSPS) is 26.6. The largest absolute Gasteiger partial charge is 0.387 e. The van der Waals surface area contributed by atoms with Crippen LogP contribution < -0.4 is 5.73 Å². The van der Waals surface area contributed by atoms with Crippen LogP contribution >= 0.6 is 0 Å². The van der Waals surface area contributed by atoms with Gasteiger partial charge in [-0.15, -0.1) is 0 Å². The van der Waals surface area contributed by atoms with Gasteiger partial charge in [-0.1, -0.05) is 67.8 Å². The molecule has 0 saturated heterocycles. The first-order valence-electron chi connectivity index (χ1n) is 13.7. The maximum atomic E-state index is 11.4. The summed E-state index contributed by atoms with van der Waals surface area (Å²) in [5.74, 6) is 0. The molecule has 1 aliphatic rings. The van der Waals surface area contributed by atoms with Crippen LogP contribution in [0.3, 0.4) is 0 Å². The van der Waals surface area contributed by atoms with Crippen molar-refractivity contribution < 1.29 is 29.5 Å². The van der Waals surface area contributed by atoms with E-state index < -0.39 is 42.7 Å². The summed E-state index contributed by atoms with van der Waals surface area (Å²) in [7, 11) is 0. The number of unbranched alkanes of at least 4 members (excludes halogenated alkanes) is 4. The predicted molar refractivity (Wildman–Crippen MR) is 147 cm³/mol. The molecule has 208 valence electrons. The lowest BCUT2D eigenvalue weighted by molar-refractivity contribution is -0.265. The Morgan fingerprint density at radius 2 is 1.47 bits per heavy atom. The Morgan fingerprint density at radius 1 is 0.789 bits per heavy atom. The lowest BCUT2D eigenvalue weighted by Gasteiger charge is -2.46. The predicted octanol–water partition coefficient (Wildman–Crippen LogP) is 3.59. The van der Waals surface area contributed by atoms with Crippen molar-refractivity contribution in [3.63, 3.8) is 0 Å². The molecule has 0 spiro atoms. The maximum Gasteiger partial charge on any atom is 0.116 e. The Bertz CT molecular complexity index is 1090. The summed E-state index contributed by atoms with van der Waals surface area (Å²) >= 11 is 0. The summed E-state index contributed by atoms with van der Waals surface area (Å²) in [4.78, 5) is 3.26. The zero-order chi connectivity index (χ0) is 26.9. The van der Waals surface area contributed by atoms with E-state index in [1.54, 1.807) is 0 Å². The molecule has 38 heavy (non-hydrogen) atoms. The minimum absolute atomic E-state index is 0.206. The van der Waals surface area contributed by atoms with Gasteiger partial charge < -0.3 is 40.2 Å². The number of para-hydroxylation sites is 1. The Kier molecular flexibility index (Phi) is 10.7. The molecule has 1 aromatic heterocycles. The molecule has 7 atom stereocenters. The van der Waals surface area contributed by atoms with Crippen LogP contribution in [0.1, 0.15) is 56.3 Å². The number of hydrogen-bond acceptors (Lipinski definition) is 7. The van der Waals surface area contributed by atoms with E-state index in [-0.39, 0.29) is 6.61 Å². The second-order valence-electron chi connectivity index (χ2n) is 10.2. The van der Waals surface area contributed by atoms with Gasteiger partial charge in [0.25, 0.3) is 0 Å². The molecular formula is C30H42N2O6. The lowest BCUT2D eigenvalue weighted by Crippen LogP contribution is -2.65. The molecule has 1 saturated carbocycles. The first kappa shape index (κ1) is 28.7. The van der Waals surface area contributed by atoms with Gasteiger partial charge in [0, 0.05) is 29.3 Å². The lowest BCUT2D eigenvalue weighted by atomic mass is 9.84. The molecule has 0 radical (unpaired) electrons. The SMILES string of the molecule is CC(OC1C(O)C(OCCCCCCCN)C(O)C(O)C1OCc1ccccc1)c1c[nH]c2ccccc12. The highest BCUT2D eigenvalue weighted by Gasteiger charge is 2.52. The van der Waals surface area contributed by atoms with Gasteiger partial charge in [0.05, 0.1) is 12.7 Å². The summed E-state index contributed by atoms with van der Waals surface area (Å²) in [6.45, 7) is 3.18. The second kappa shape index (κ2) is 14.2. The monoisotopic (exact) mass is 526 g/mol. The minimum Gasteiger partial charge on any atom is -0.387 e. The van der Waals surface area contributed by atoms with E-state index in [1.807, 2.05) is 67.7 Å². The molecule has 0 aliphatic heterocycles. The number of nitrogens with two attached hydrogens (primary N) is 1. The number of ether oxygens (including phenoxy) is 3. The molecule has 1 aliphatic carbocycles. The van der Waals surface area contributed by atoms with E-state index in [0.717, 1.165) is 54.1 Å². The number of aliphatic hydroxyl groups excluding tert-OH is 3. The number of rotatable bonds is 14.